The summed E-state index contributed by atoms with van der Waals surface area (Å²) in [5.41, 5.74) is 3.58. The summed E-state index contributed by atoms with van der Waals surface area (Å²) in [5, 5.41) is 6.85. The number of ketones is 1. The van der Waals surface area contributed by atoms with Crippen molar-refractivity contribution in [1.29, 1.82) is 0 Å². The lowest BCUT2D eigenvalue weighted by molar-refractivity contribution is -0.118. The molecule has 0 aliphatic rings. The molecule has 0 unspecified atom stereocenters. The Balaban J connectivity index is 1.44. The quantitative estimate of drug-likeness (QED) is 0.477. The molecule has 1 N–H and O–H groups in total. The lowest BCUT2D eigenvalue weighted by Crippen LogP contribution is -2.20. The topological polar surface area (TPSA) is 85.6 Å². The number of amides is 1. The van der Waals surface area contributed by atoms with Crippen LogP contribution in [0.4, 0.5) is 10.3 Å². The van der Waals surface area contributed by atoms with E-state index >= 15 is 0 Å². The molecule has 0 aliphatic heterocycles. The summed E-state index contributed by atoms with van der Waals surface area (Å²) in [5.74, 6) is -0.180. The molecule has 2 heterocycles. The molecular weight excluding hydrogens is 399 g/mol. The molecule has 0 saturated heterocycles. The molecule has 0 bridgehead atoms. The minimum atomic E-state index is -0.423. The highest BCUT2D eigenvalue weighted by molar-refractivity contribution is 5.94. The third kappa shape index (κ3) is 4.58. The van der Waals surface area contributed by atoms with E-state index in [9.17, 15) is 14.0 Å². The van der Waals surface area contributed by atoms with Crippen molar-refractivity contribution in [3.63, 3.8) is 0 Å². The van der Waals surface area contributed by atoms with Gasteiger partial charge in [-0.25, -0.2) is 8.91 Å². The number of hydrogen-bond acceptors (Lipinski definition) is 5. The van der Waals surface area contributed by atoms with Crippen LogP contribution in [0.15, 0.2) is 60.8 Å². The van der Waals surface area contributed by atoms with Gasteiger partial charge in [-0.3, -0.25) is 14.9 Å². The number of fused-ring (bicyclic) bond motifs is 1. The van der Waals surface area contributed by atoms with Crippen LogP contribution >= 0.6 is 0 Å². The average Bonchev–Trinajstić information content (AvgIpc) is 3.15. The Hall–Kier alpha value is -4.07. The Bertz CT molecular complexity index is 1280. The fraction of sp³-hybridized carbons (Fsp3) is 0.130. The number of pyridine rings is 1. The Morgan fingerprint density at radius 2 is 1.87 bits per heavy atom. The highest BCUT2D eigenvalue weighted by atomic mass is 19.1. The summed E-state index contributed by atoms with van der Waals surface area (Å²) in [4.78, 5) is 27.7. The zero-order valence-corrected chi connectivity index (χ0v) is 16.9. The zero-order chi connectivity index (χ0) is 22.0. The van der Waals surface area contributed by atoms with Crippen molar-refractivity contribution >= 4 is 23.3 Å². The van der Waals surface area contributed by atoms with Gasteiger partial charge in [0.15, 0.2) is 18.0 Å². The third-order valence-corrected chi connectivity index (χ3v) is 4.72. The molecule has 8 heteroatoms. The average molecular weight is 418 g/mol. The van der Waals surface area contributed by atoms with Gasteiger partial charge in [-0.1, -0.05) is 6.07 Å². The van der Waals surface area contributed by atoms with Crippen LogP contribution in [0, 0.1) is 12.7 Å². The zero-order valence-electron chi connectivity index (χ0n) is 16.9. The molecule has 2 aromatic heterocycles. The van der Waals surface area contributed by atoms with Crippen LogP contribution in [-0.2, 0) is 4.79 Å². The van der Waals surface area contributed by atoms with Crippen molar-refractivity contribution in [2.24, 2.45) is 0 Å². The number of aryl methyl sites for hydroxylation is 1. The normalized spacial score (nSPS) is 10.8. The Kier molecular flexibility index (Phi) is 5.44. The first-order chi connectivity index (χ1) is 14.9. The molecule has 2 aromatic carbocycles. The number of aromatic nitrogens is 3. The number of halogens is 1. The van der Waals surface area contributed by atoms with E-state index in [4.69, 9.17) is 4.74 Å². The van der Waals surface area contributed by atoms with E-state index in [-0.39, 0.29) is 24.2 Å². The van der Waals surface area contributed by atoms with Gasteiger partial charge in [0.2, 0.25) is 5.95 Å². The van der Waals surface area contributed by atoms with E-state index in [1.807, 2.05) is 13.0 Å². The van der Waals surface area contributed by atoms with Gasteiger partial charge in [0, 0.05) is 17.3 Å². The number of rotatable bonds is 6. The molecule has 0 atom stereocenters. The monoisotopic (exact) mass is 418 g/mol. The van der Waals surface area contributed by atoms with E-state index in [0.717, 1.165) is 16.7 Å². The van der Waals surface area contributed by atoms with Crippen LogP contribution in [0.5, 0.6) is 5.75 Å². The van der Waals surface area contributed by atoms with Crippen LogP contribution in [0.25, 0.3) is 16.8 Å². The maximum atomic E-state index is 13.6. The van der Waals surface area contributed by atoms with Crippen molar-refractivity contribution in [1.82, 2.24) is 14.6 Å². The van der Waals surface area contributed by atoms with E-state index < -0.39 is 5.91 Å². The van der Waals surface area contributed by atoms with Gasteiger partial charge in [0.05, 0.1) is 0 Å². The molecule has 0 radical (unpaired) electrons. The molecule has 0 spiro atoms. The predicted molar refractivity (Wildman–Crippen MR) is 114 cm³/mol. The molecule has 1 amide bonds. The van der Waals surface area contributed by atoms with E-state index in [1.165, 1.54) is 23.6 Å². The summed E-state index contributed by atoms with van der Waals surface area (Å²) in [6.45, 7) is 3.15. The van der Waals surface area contributed by atoms with Gasteiger partial charge in [-0.15, -0.1) is 5.10 Å². The summed E-state index contributed by atoms with van der Waals surface area (Å²) in [7, 11) is 0. The maximum Gasteiger partial charge on any atom is 0.264 e. The van der Waals surface area contributed by atoms with Crippen molar-refractivity contribution in [2.45, 2.75) is 13.8 Å². The van der Waals surface area contributed by atoms with E-state index in [1.54, 1.807) is 42.6 Å². The second kappa shape index (κ2) is 8.35. The molecule has 7 nitrogen and oxygen atoms in total. The summed E-state index contributed by atoms with van der Waals surface area (Å²) in [6.07, 6.45) is 1.73. The fourth-order valence-electron chi connectivity index (χ4n) is 3.10. The Labute approximate surface area is 177 Å². The lowest BCUT2D eigenvalue weighted by atomic mass is 10.0. The first-order valence-electron chi connectivity index (χ1n) is 9.55. The predicted octanol–water partition coefficient (Wildman–Crippen LogP) is 4.06. The summed E-state index contributed by atoms with van der Waals surface area (Å²) >= 11 is 0. The number of nitrogens with one attached hydrogen (secondary N) is 1. The van der Waals surface area contributed by atoms with Gasteiger partial charge >= 0.3 is 0 Å². The number of nitrogens with zero attached hydrogens (tertiary/aromatic N) is 3. The van der Waals surface area contributed by atoms with Gasteiger partial charge < -0.3 is 4.74 Å². The van der Waals surface area contributed by atoms with Crippen molar-refractivity contribution in [3.05, 3.63) is 77.7 Å². The number of ether oxygens (including phenoxy) is 1. The minimum absolute atomic E-state index is 0.0436. The molecule has 0 saturated carbocycles. The van der Waals surface area contributed by atoms with Crippen molar-refractivity contribution < 1.29 is 18.7 Å². The van der Waals surface area contributed by atoms with Gasteiger partial charge in [0.1, 0.15) is 11.6 Å². The van der Waals surface area contributed by atoms with Crippen molar-refractivity contribution in [2.75, 3.05) is 11.9 Å². The first-order valence-corrected chi connectivity index (χ1v) is 9.55. The summed E-state index contributed by atoms with van der Waals surface area (Å²) < 4.78 is 20.6. The van der Waals surface area contributed by atoms with Gasteiger partial charge in [-0.2, -0.15) is 4.98 Å². The van der Waals surface area contributed by atoms with E-state index in [0.29, 0.717) is 17.0 Å². The molecule has 0 fully saturated rings. The molecule has 156 valence electrons. The van der Waals surface area contributed by atoms with Crippen LogP contribution in [0.2, 0.25) is 0 Å². The van der Waals surface area contributed by atoms with Crippen molar-refractivity contribution in [3.8, 4) is 16.9 Å². The smallest absolute Gasteiger partial charge is 0.264 e. The molecule has 31 heavy (non-hydrogen) atoms. The largest absolute Gasteiger partial charge is 0.484 e. The Morgan fingerprint density at radius 1 is 1.10 bits per heavy atom. The highest BCUT2D eigenvalue weighted by Gasteiger charge is 2.11. The van der Waals surface area contributed by atoms with Gasteiger partial charge in [-0.05, 0) is 73.5 Å². The van der Waals surface area contributed by atoms with Gasteiger partial charge in [0.25, 0.3) is 5.91 Å². The third-order valence-electron chi connectivity index (χ3n) is 4.72. The van der Waals surface area contributed by atoms with Crippen LogP contribution < -0.4 is 10.1 Å². The minimum Gasteiger partial charge on any atom is -0.484 e. The number of benzene rings is 2. The molecule has 4 rings (SSSR count). The highest BCUT2D eigenvalue weighted by Crippen LogP contribution is 2.24. The number of carbonyl (C=O) groups is 2. The molecular formula is C23H19FN4O3. The SMILES string of the molecule is CC(=O)c1ccc(OCC(=O)Nc2nc3ccc(-c4cc(F)ccc4C)cn3n2)cc1. The molecule has 0 aliphatic carbocycles. The number of carbonyl (C=O) groups excluding carboxylic acids is 2. The molecule has 4 aromatic rings. The second-order valence-electron chi connectivity index (χ2n) is 7.03. The van der Waals surface area contributed by atoms with E-state index in [2.05, 4.69) is 15.4 Å². The summed E-state index contributed by atoms with van der Waals surface area (Å²) in [6, 6.07) is 14.7. The number of Topliss-reactive ketones (excluding diaryl/α,β-unsaturated/α-hetero) is 1. The fourth-order valence-corrected chi connectivity index (χ4v) is 3.10. The van der Waals surface area contributed by atoms with Crippen LogP contribution in [-0.4, -0.2) is 32.9 Å². The second-order valence-corrected chi connectivity index (χ2v) is 7.03. The Morgan fingerprint density at radius 3 is 2.61 bits per heavy atom. The lowest BCUT2D eigenvalue weighted by Gasteiger charge is -2.06. The number of anilines is 1. The van der Waals surface area contributed by atoms with Crippen LogP contribution in [0.3, 0.4) is 0 Å². The standard InChI is InChI=1S/C23H19FN4O3/c1-14-3-7-18(24)11-20(14)17-6-10-21-25-23(27-28(21)12-17)26-22(30)13-31-19-8-4-16(5-9-19)15(2)29/h3-12H,13H2,1-2H3,(H,26,27,30). The number of hydrogen-bond donors (Lipinski definition) is 1. The maximum absolute atomic E-state index is 13.6. The first kappa shape index (κ1) is 20.2. The van der Waals surface area contributed by atoms with Crippen LogP contribution in [0.1, 0.15) is 22.8 Å².